The molecular formula is C23H24N2O4. The molecule has 29 heavy (non-hydrogen) atoms. The Labute approximate surface area is 169 Å². The Hall–Kier alpha value is -3.12. The molecule has 6 heteroatoms. The van der Waals surface area contributed by atoms with Crippen LogP contribution < -0.4 is 10.1 Å². The van der Waals surface area contributed by atoms with E-state index < -0.39 is 0 Å². The largest absolute Gasteiger partial charge is 0.487 e. The molecule has 6 nitrogen and oxygen atoms in total. The van der Waals surface area contributed by atoms with Crippen molar-refractivity contribution in [2.75, 3.05) is 13.2 Å². The van der Waals surface area contributed by atoms with Gasteiger partial charge in [-0.05, 0) is 56.2 Å². The Kier molecular flexibility index (Phi) is 5.91. The van der Waals surface area contributed by atoms with Gasteiger partial charge in [-0.25, -0.2) is 4.98 Å². The van der Waals surface area contributed by atoms with Crippen LogP contribution in [0.4, 0.5) is 0 Å². The molecule has 1 aliphatic rings. The molecule has 1 atom stereocenters. The van der Waals surface area contributed by atoms with Gasteiger partial charge in [-0.15, -0.1) is 0 Å². The molecular weight excluding hydrogens is 368 g/mol. The molecule has 4 rings (SSSR count). The van der Waals surface area contributed by atoms with Crippen LogP contribution >= 0.6 is 0 Å². The number of ether oxygens (including phenoxy) is 2. The predicted molar refractivity (Wildman–Crippen MR) is 109 cm³/mol. The average Bonchev–Trinajstić information content (AvgIpc) is 3.41. The Morgan fingerprint density at radius 2 is 1.97 bits per heavy atom. The maximum absolute atomic E-state index is 12.3. The number of rotatable bonds is 7. The summed E-state index contributed by atoms with van der Waals surface area (Å²) in [5.74, 6) is 1.91. The van der Waals surface area contributed by atoms with E-state index in [1.807, 2.05) is 49.4 Å². The standard InChI is InChI=1S/C23H24N2O4/c1-16-21(15-28-19-6-3-2-4-7-19)25-23(29-16)18-11-9-17(10-12-18)22(26)24-14-20-8-5-13-27-20/h2-4,6-7,9-12,20H,5,8,13-15H2,1H3,(H,24,26)/t20-/m0/s1. The highest BCUT2D eigenvalue weighted by Crippen LogP contribution is 2.23. The SMILES string of the molecule is Cc1oc(-c2ccc(C(=O)NC[C@@H]3CCCO3)cc2)nc1COc1ccccc1. The second kappa shape index (κ2) is 8.92. The van der Waals surface area contributed by atoms with E-state index in [0.29, 0.717) is 30.4 Å². The Bertz CT molecular complexity index is 945. The zero-order valence-electron chi connectivity index (χ0n) is 16.4. The van der Waals surface area contributed by atoms with Crippen LogP contribution in [0.1, 0.15) is 34.7 Å². The number of aromatic nitrogens is 1. The van der Waals surface area contributed by atoms with Crippen molar-refractivity contribution in [1.29, 1.82) is 0 Å². The number of oxazole rings is 1. The van der Waals surface area contributed by atoms with Crippen LogP contribution in [0.15, 0.2) is 59.0 Å². The van der Waals surface area contributed by atoms with Gasteiger partial charge >= 0.3 is 0 Å². The minimum atomic E-state index is -0.104. The Balaban J connectivity index is 1.37. The van der Waals surface area contributed by atoms with E-state index in [0.717, 1.165) is 36.5 Å². The average molecular weight is 392 g/mol. The number of carbonyl (C=O) groups is 1. The molecule has 2 heterocycles. The molecule has 0 aliphatic carbocycles. The summed E-state index contributed by atoms with van der Waals surface area (Å²) in [5, 5.41) is 2.93. The molecule has 3 aromatic rings. The Morgan fingerprint density at radius 3 is 2.69 bits per heavy atom. The van der Waals surface area contributed by atoms with Crippen molar-refractivity contribution in [3.05, 3.63) is 71.6 Å². The predicted octanol–water partition coefficient (Wildman–Crippen LogP) is 4.14. The zero-order valence-corrected chi connectivity index (χ0v) is 16.4. The maximum Gasteiger partial charge on any atom is 0.251 e. The highest BCUT2D eigenvalue weighted by atomic mass is 16.5. The van der Waals surface area contributed by atoms with Crippen molar-refractivity contribution in [3.63, 3.8) is 0 Å². The molecule has 0 radical (unpaired) electrons. The first-order valence-electron chi connectivity index (χ1n) is 9.83. The third kappa shape index (κ3) is 4.84. The van der Waals surface area contributed by atoms with Crippen molar-refractivity contribution in [2.45, 2.75) is 32.5 Å². The first kappa shape index (κ1) is 19.2. The molecule has 2 aromatic carbocycles. The first-order valence-corrected chi connectivity index (χ1v) is 9.83. The minimum Gasteiger partial charge on any atom is -0.487 e. The van der Waals surface area contributed by atoms with Crippen LogP contribution in [0.2, 0.25) is 0 Å². The van der Waals surface area contributed by atoms with Crippen molar-refractivity contribution >= 4 is 5.91 Å². The third-order valence-corrected chi connectivity index (χ3v) is 4.92. The van der Waals surface area contributed by atoms with Crippen molar-refractivity contribution < 1.29 is 18.7 Å². The quantitative estimate of drug-likeness (QED) is 0.654. The molecule has 1 N–H and O–H groups in total. The van der Waals surface area contributed by atoms with Crippen LogP contribution in [-0.2, 0) is 11.3 Å². The second-order valence-electron chi connectivity index (χ2n) is 7.05. The summed E-state index contributed by atoms with van der Waals surface area (Å²) in [4.78, 5) is 16.9. The number of nitrogens with one attached hydrogen (secondary N) is 1. The fourth-order valence-electron chi connectivity index (χ4n) is 3.23. The molecule has 1 fully saturated rings. The summed E-state index contributed by atoms with van der Waals surface area (Å²) in [6.45, 7) is 3.53. The number of nitrogens with zero attached hydrogens (tertiary/aromatic N) is 1. The molecule has 0 saturated carbocycles. The molecule has 1 saturated heterocycles. The van der Waals surface area contributed by atoms with Crippen molar-refractivity contribution in [2.24, 2.45) is 0 Å². The fourth-order valence-corrected chi connectivity index (χ4v) is 3.23. The van der Waals surface area contributed by atoms with E-state index in [1.165, 1.54) is 0 Å². The first-order chi connectivity index (χ1) is 14.2. The number of hydrogen-bond donors (Lipinski definition) is 1. The van der Waals surface area contributed by atoms with Crippen molar-refractivity contribution in [1.82, 2.24) is 10.3 Å². The van der Waals surface area contributed by atoms with E-state index in [1.54, 1.807) is 12.1 Å². The second-order valence-corrected chi connectivity index (χ2v) is 7.05. The van der Waals surface area contributed by atoms with Gasteiger partial charge < -0.3 is 19.2 Å². The molecule has 1 aliphatic heterocycles. The van der Waals surface area contributed by atoms with Gasteiger partial charge in [-0.2, -0.15) is 0 Å². The number of aryl methyl sites for hydroxylation is 1. The number of benzene rings is 2. The van der Waals surface area contributed by atoms with Gasteiger partial charge in [0.1, 0.15) is 23.8 Å². The highest BCUT2D eigenvalue weighted by Gasteiger charge is 2.17. The van der Waals surface area contributed by atoms with E-state index in [-0.39, 0.29) is 12.0 Å². The number of hydrogen-bond acceptors (Lipinski definition) is 5. The highest BCUT2D eigenvalue weighted by molar-refractivity contribution is 5.94. The van der Waals surface area contributed by atoms with Crippen LogP contribution in [0.5, 0.6) is 5.75 Å². The molecule has 0 bridgehead atoms. The van der Waals surface area contributed by atoms with Gasteiger partial charge in [-0.3, -0.25) is 4.79 Å². The molecule has 1 amide bonds. The van der Waals surface area contributed by atoms with Crippen LogP contribution in [0.25, 0.3) is 11.5 Å². The lowest BCUT2D eigenvalue weighted by Gasteiger charge is -2.10. The molecule has 150 valence electrons. The lowest BCUT2D eigenvalue weighted by molar-refractivity contribution is 0.0858. The summed E-state index contributed by atoms with van der Waals surface area (Å²) in [7, 11) is 0. The summed E-state index contributed by atoms with van der Waals surface area (Å²) >= 11 is 0. The van der Waals surface area contributed by atoms with Crippen LogP contribution in [0, 0.1) is 6.92 Å². The monoisotopic (exact) mass is 392 g/mol. The van der Waals surface area contributed by atoms with E-state index in [2.05, 4.69) is 10.3 Å². The molecule has 0 unspecified atom stereocenters. The summed E-state index contributed by atoms with van der Waals surface area (Å²) < 4.78 is 17.1. The topological polar surface area (TPSA) is 73.6 Å². The lowest BCUT2D eigenvalue weighted by Crippen LogP contribution is -2.31. The van der Waals surface area contributed by atoms with E-state index in [4.69, 9.17) is 13.9 Å². The van der Waals surface area contributed by atoms with E-state index in [9.17, 15) is 4.79 Å². The third-order valence-electron chi connectivity index (χ3n) is 4.92. The van der Waals surface area contributed by atoms with E-state index >= 15 is 0 Å². The van der Waals surface area contributed by atoms with Crippen molar-refractivity contribution in [3.8, 4) is 17.2 Å². The summed E-state index contributed by atoms with van der Waals surface area (Å²) in [6.07, 6.45) is 2.19. The van der Waals surface area contributed by atoms with Crippen LogP contribution in [0.3, 0.4) is 0 Å². The zero-order chi connectivity index (χ0) is 20.1. The number of amides is 1. The smallest absolute Gasteiger partial charge is 0.251 e. The Morgan fingerprint density at radius 1 is 1.17 bits per heavy atom. The fraction of sp³-hybridized carbons (Fsp3) is 0.304. The lowest BCUT2D eigenvalue weighted by atomic mass is 10.1. The summed E-state index contributed by atoms with van der Waals surface area (Å²) in [6, 6.07) is 16.8. The number of carbonyl (C=O) groups excluding carboxylic acids is 1. The normalized spacial score (nSPS) is 16.0. The van der Waals surface area contributed by atoms with Gasteiger partial charge in [0, 0.05) is 24.3 Å². The number of para-hydroxylation sites is 1. The van der Waals surface area contributed by atoms with Gasteiger partial charge in [0.05, 0.1) is 6.10 Å². The van der Waals surface area contributed by atoms with Crippen LogP contribution in [-0.4, -0.2) is 30.1 Å². The molecule has 1 aromatic heterocycles. The molecule has 0 spiro atoms. The summed E-state index contributed by atoms with van der Waals surface area (Å²) in [5.41, 5.74) is 2.17. The maximum atomic E-state index is 12.3. The van der Waals surface area contributed by atoms with Gasteiger partial charge in [0.15, 0.2) is 0 Å². The van der Waals surface area contributed by atoms with Gasteiger partial charge in [0.2, 0.25) is 5.89 Å². The van der Waals surface area contributed by atoms with Gasteiger partial charge in [0.25, 0.3) is 5.91 Å². The minimum absolute atomic E-state index is 0.104. The van der Waals surface area contributed by atoms with Gasteiger partial charge in [-0.1, -0.05) is 18.2 Å².